The summed E-state index contributed by atoms with van der Waals surface area (Å²) in [6.07, 6.45) is 1.80. The highest BCUT2D eigenvalue weighted by Gasteiger charge is 2.24. The number of nitrogens with one attached hydrogen (secondary N) is 1. The lowest BCUT2D eigenvalue weighted by Gasteiger charge is -2.14. The molecule has 0 saturated heterocycles. The average molecular weight is 282 g/mol. The second-order valence-electron chi connectivity index (χ2n) is 5.52. The smallest absolute Gasteiger partial charge is 0.251 e. The minimum atomic E-state index is -0.167. The Kier molecular flexibility index (Phi) is 3.29. The standard InChI is InChI=1S/C17H18N2O2/c1-10-2-3-12(9-16(10)20)17(21)19-15-7-4-11-8-13(18)5-6-14(11)15/h2-3,5-6,8-9,15,20H,4,7,18H2,1H3,(H,19,21). The first-order valence-corrected chi connectivity index (χ1v) is 7.03. The maximum absolute atomic E-state index is 12.3. The quantitative estimate of drug-likeness (QED) is 0.741. The monoisotopic (exact) mass is 282 g/mol. The first kappa shape index (κ1) is 13.5. The van der Waals surface area contributed by atoms with Gasteiger partial charge >= 0.3 is 0 Å². The van der Waals surface area contributed by atoms with Crippen LogP contribution >= 0.6 is 0 Å². The van der Waals surface area contributed by atoms with Crippen molar-refractivity contribution < 1.29 is 9.90 Å². The first-order chi connectivity index (χ1) is 10.0. The van der Waals surface area contributed by atoms with Crippen molar-refractivity contribution in [2.24, 2.45) is 0 Å². The van der Waals surface area contributed by atoms with Gasteiger partial charge in [0.15, 0.2) is 0 Å². The third-order valence-electron chi connectivity index (χ3n) is 4.02. The van der Waals surface area contributed by atoms with Gasteiger partial charge in [0.2, 0.25) is 0 Å². The number of phenols is 1. The van der Waals surface area contributed by atoms with E-state index in [9.17, 15) is 9.90 Å². The van der Waals surface area contributed by atoms with Crippen LogP contribution < -0.4 is 11.1 Å². The van der Waals surface area contributed by atoms with Gasteiger partial charge in [-0.05, 0) is 60.7 Å². The van der Waals surface area contributed by atoms with E-state index in [1.807, 2.05) is 18.2 Å². The van der Waals surface area contributed by atoms with Crippen LogP contribution in [0.15, 0.2) is 36.4 Å². The second-order valence-corrected chi connectivity index (χ2v) is 5.52. The summed E-state index contributed by atoms with van der Waals surface area (Å²) in [6, 6.07) is 10.8. The molecule has 21 heavy (non-hydrogen) atoms. The summed E-state index contributed by atoms with van der Waals surface area (Å²) in [4.78, 5) is 12.3. The maximum Gasteiger partial charge on any atom is 0.251 e. The van der Waals surface area contributed by atoms with Crippen LogP contribution in [0.5, 0.6) is 5.75 Å². The molecule has 0 aromatic heterocycles. The zero-order chi connectivity index (χ0) is 15.0. The molecule has 108 valence electrons. The van der Waals surface area contributed by atoms with Gasteiger partial charge in [0.05, 0.1) is 6.04 Å². The SMILES string of the molecule is Cc1ccc(C(=O)NC2CCc3cc(N)ccc32)cc1O. The maximum atomic E-state index is 12.3. The number of benzene rings is 2. The molecule has 1 aliphatic carbocycles. The van der Waals surface area contributed by atoms with Crippen LogP contribution in [0.1, 0.15) is 39.5 Å². The van der Waals surface area contributed by atoms with E-state index < -0.39 is 0 Å². The van der Waals surface area contributed by atoms with Gasteiger partial charge in [-0.2, -0.15) is 0 Å². The van der Waals surface area contributed by atoms with Crippen molar-refractivity contribution in [3.8, 4) is 5.75 Å². The molecule has 2 aromatic carbocycles. The molecule has 0 heterocycles. The van der Waals surface area contributed by atoms with Crippen molar-refractivity contribution in [1.29, 1.82) is 0 Å². The summed E-state index contributed by atoms with van der Waals surface area (Å²) in [5.41, 5.74) is 10.1. The van der Waals surface area contributed by atoms with Crippen LogP contribution in [0.25, 0.3) is 0 Å². The van der Waals surface area contributed by atoms with Gasteiger partial charge in [0.25, 0.3) is 5.91 Å². The summed E-state index contributed by atoms with van der Waals surface area (Å²) >= 11 is 0. The molecule has 0 fully saturated rings. The molecule has 0 aliphatic heterocycles. The molecule has 1 aliphatic rings. The summed E-state index contributed by atoms with van der Waals surface area (Å²) in [5, 5.41) is 12.7. The van der Waals surface area contributed by atoms with E-state index in [0.29, 0.717) is 5.56 Å². The van der Waals surface area contributed by atoms with E-state index in [4.69, 9.17) is 5.73 Å². The number of hydrogen-bond donors (Lipinski definition) is 3. The summed E-state index contributed by atoms with van der Waals surface area (Å²) in [7, 11) is 0. The zero-order valence-electron chi connectivity index (χ0n) is 11.9. The highest BCUT2D eigenvalue weighted by molar-refractivity contribution is 5.95. The Morgan fingerprint density at radius 1 is 1.29 bits per heavy atom. The topological polar surface area (TPSA) is 75.4 Å². The van der Waals surface area contributed by atoms with Crippen molar-refractivity contribution in [3.63, 3.8) is 0 Å². The van der Waals surface area contributed by atoms with E-state index in [1.165, 1.54) is 11.6 Å². The van der Waals surface area contributed by atoms with Crippen LogP contribution in [0.4, 0.5) is 5.69 Å². The lowest BCUT2D eigenvalue weighted by Crippen LogP contribution is -2.27. The van der Waals surface area contributed by atoms with Gasteiger partial charge in [-0.1, -0.05) is 12.1 Å². The number of carbonyl (C=O) groups excluding carboxylic acids is 1. The summed E-state index contributed by atoms with van der Waals surface area (Å²) < 4.78 is 0. The third-order valence-corrected chi connectivity index (χ3v) is 4.02. The molecule has 0 saturated carbocycles. The number of rotatable bonds is 2. The lowest BCUT2D eigenvalue weighted by molar-refractivity contribution is 0.0936. The highest BCUT2D eigenvalue weighted by atomic mass is 16.3. The number of nitrogens with two attached hydrogens (primary N) is 1. The van der Waals surface area contributed by atoms with Gasteiger partial charge in [0.1, 0.15) is 5.75 Å². The first-order valence-electron chi connectivity index (χ1n) is 7.03. The fraction of sp³-hybridized carbons (Fsp3) is 0.235. The molecule has 4 nitrogen and oxygen atoms in total. The Balaban J connectivity index is 1.79. The Morgan fingerprint density at radius 3 is 2.86 bits per heavy atom. The van der Waals surface area contributed by atoms with Crippen molar-refractivity contribution in [3.05, 3.63) is 58.7 Å². The molecule has 3 rings (SSSR count). The van der Waals surface area contributed by atoms with Crippen molar-refractivity contribution in [1.82, 2.24) is 5.32 Å². The Labute approximate surface area is 123 Å². The Hall–Kier alpha value is -2.49. The zero-order valence-corrected chi connectivity index (χ0v) is 11.9. The molecule has 0 bridgehead atoms. The van der Waals surface area contributed by atoms with E-state index in [-0.39, 0.29) is 17.7 Å². The number of aromatic hydroxyl groups is 1. The summed E-state index contributed by atoms with van der Waals surface area (Å²) in [6.45, 7) is 1.80. The number of hydrogen-bond acceptors (Lipinski definition) is 3. The molecule has 1 unspecified atom stereocenters. The molecule has 4 N–H and O–H groups in total. The number of amides is 1. The molecule has 1 atom stereocenters. The fourth-order valence-electron chi connectivity index (χ4n) is 2.78. The Bertz CT molecular complexity index is 710. The number of fused-ring (bicyclic) bond motifs is 1. The molecular weight excluding hydrogens is 264 g/mol. The average Bonchev–Trinajstić information content (AvgIpc) is 2.84. The normalized spacial score (nSPS) is 16.5. The number of anilines is 1. The molecule has 0 spiro atoms. The number of aryl methyl sites for hydroxylation is 2. The lowest BCUT2D eigenvalue weighted by atomic mass is 10.1. The van der Waals surface area contributed by atoms with E-state index in [0.717, 1.165) is 29.7 Å². The van der Waals surface area contributed by atoms with Crippen molar-refractivity contribution >= 4 is 11.6 Å². The summed E-state index contributed by atoms with van der Waals surface area (Å²) in [5.74, 6) is -0.0257. The van der Waals surface area contributed by atoms with E-state index in [1.54, 1.807) is 19.1 Å². The predicted molar refractivity (Wildman–Crippen MR) is 82.2 cm³/mol. The van der Waals surface area contributed by atoms with Gasteiger partial charge in [0, 0.05) is 11.3 Å². The largest absolute Gasteiger partial charge is 0.508 e. The molecule has 0 radical (unpaired) electrons. The minimum absolute atomic E-state index is 0.0107. The molecule has 4 heteroatoms. The van der Waals surface area contributed by atoms with Crippen LogP contribution in [-0.4, -0.2) is 11.0 Å². The molecule has 2 aromatic rings. The number of nitrogen functional groups attached to an aromatic ring is 1. The van der Waals surface area contributed by atoms with Gasteiger partial charge in [-0.15, -0.1) is 0 Å². The fourth-order valence-corrected chi connectivity index (χ4v) is 2.78. The minimum Gasteiger partial charge on any atom is -0.508 e. The van der Waals surface area contributed by atoms with E-state index >= 15 is 0 Å². The van der Waals surface area contributed by atoms with Crippen molar-refractivity contribution in [2.75, 3.05) is 5.73 Å². The van der Waals surface area contributed by atoms with Crippen LogP contribution in [0.3, 0.4) is 0 Å². The van der Waals surface area contributed by atoms with Crippen LogP contribution in [0, 0.1) is 6.92 Å². The van der Waals surface area contributed by atoms with Gasteiger partial charge in [-0.3, -0.25) is 4.79 Å². The van der Waals surface area contributed by atoms with Crippen LogP contribution in [-0.2, 0) is 6.42 Å². The van der Waals surface area contributed by atoms with Gasteiger partial charge in [-0.25, -0.2) is 0 Å². The van der Waals surface area contributed by atoms with Crippen LogP contribution in [0.2, 0.25) is 0 Å². The second kappa shape index (κ2) is 5.13. The van der Waals surface area contributed by atoms with Gasteiger partial charge < -0.3 is 16.2 Å². The number of phenolic OH excluding ortho intramolecular Hbond substituents is 1. The van der Waals surface area contributed by atoms with E-state index in [2.05, 4.69) is 5.32 Å². The molecule has 1 amide bonds. The molecular formula is C17H18N2O2. The third kappa shape index (κ3) is 2.57. The highest BCUT2D eigenvalue weighted by Crippen LogP contribution is 2.32. The predicted octanol–water partition coefficient (Wildman–Crippen LogP) is 2.70. The number of carbonyl (C=O) groups is 1. The Morgan fingerprint density at radius 2 is 2.10 bits per heavy atom. The van der Waals surface area contributed by atoms with Crippen molar-refractivity contribution in [2.45, 2.75) is 25.8 Å².